The summed E-state index contributed by atoms with van der Waals surface area (Å²) in [6.45, 7) is 3.82. The first-order valence-electron chi connectivity index (χ1n) is 6.61. The highest BCUT2D eigenvalue weighted by Gasteiger charge is 2.27. The molecule has 0 aromatic carbocycles. The predicted molar refractivity (Wildman–Crippen MR) is 76.7 cm³/mol. The molecule has 2 rings (SSSR count). The number of amides is 1. The predicted octanol–water partition coefficient (Wildman–Crippen LogP) is 1.44. The average molecular weight is 304 g/mol. The zero-order valence-corrected chi connectivity index (χ0v) is 12.7. The van der Waals surface area contributed by atoms with E-state index in [0.717, 1.165) is 25.9 Å². The van der Waals surface area contributed by atoms with Crippen LogP contribution in [0.5, 0.6) is 0 Å². The van der Waals surface area contributed by atoms with Crippen LogP contribution in [-0.4, -0.2) is 42.2 Å². The molecule has 1 amide bonds. The van der Waals surface area contributed by atoms with Crippen molar-refractivity contribution in [2.45, 2.75) is 32.4 Å². The second-order valence-electron chi connectivity index (χ2n) is 5.10. The minimum absolute atomic E-state index is 0. The van der Waals surface area contributed by atoms with Crippen LogP contribution in [0.4, 0.5) is 0 Å². The van der Waals surface area contributed by atoms with Crippen molar-refractivity contribution in [1.29, 1.82) is 0 Å². The van der Waals surface area contributed by atoms with Crippen molar-refractivity contribution >= 4 is 18.3 Å². The Morgan fingerprint density at radius 3 is 2.80 bits per heavy atom. The molecule has 1 aliphatic heterocycles. The number of ether oxygens (including phenoxy) is 1. The second-order valence-corrected chi connectivity index (χ2v) is 5.10. The number of aromatic nitrogens is 1. The minimum atomic E-state index is -0.0748. The molecule has 1 atom stereocenters. The van der Waals surface area contributed by atoms with Gasteiger partial charge in [0.25, 0.3) is 5.91 Å². The molecule has 0 bridgehead atoms. The topological polar surface area (TPSA) is 81.6 Å². The molecular formula is C13H22ClN3O3. The molecule has 2 N–H and O–H groups in total. The summed E-state index contributed by atoms with van der Waals surface area (Å²) in [7, 11) is 1.57. The van der Waals surface area contributed by atoms with E-state index in [9.17, 15) is 4.79 Å². The molecule has 1 fully saturated rings. The van der Waals surface area contributed by atoms with Crippen molar-refractivity contribution in [3.8, 4) is 0 Å². The van der Waals surface area contributed by atoms with E-state index in [-0.39, 0.29) is 24.4 Å². The summed E-state index contributed by atoms with van der Waals surface area (Å²) in [6.07, 6.45) is 1.90. The lowest BCUT2D eigenvalue weighted by Gasteiger charge is -2.33. The zero-order chi connectivity index (χ0) is 13.8. The van der Waals surface area contributed by atoms with E-state index >= 15 is 0 Å². The monoisotopic (exact) mass is 303 g/mol. The van der Waals surface area contributed by atoms with Crippen LogP contribution in [-0.2, 0) is 11.3 Å². The number of likely N-dealkylation sites (tertiary alicyclic amines) is 1. The lowest BCUT2D eigenvalue weighted by molar-refractivity contribution is 0.0670. The maximum absolute atomic E-state index is 12.2. The molecule has 6 nitrogen and oxygen atoms in total. The van der Waals surface area contributed by atoms with Crippen LogP contribution in [0, 0.1) is 5.92 Å². The molecule has 2 heterocycles. The summed E-state index contributed by atoms with van der Waals surface area (Å²) >= 11 is 0. The fourth-order valence-corrected chi connectivity index (χ4v) is 2.41. The molecule has 114 valence electrons. The first-order chi connectivity index (χ1) is 9.11. The maximum Gasteiger partial charge on any atom is 0.276 e. The van der Waals surface area contributed by atoms with E-state index in [1.165, 1.54) is 0 Å². The maximum atomic E-state index is 12.2. The second kappa shape index (κ2) is 7.61. The number of hydrogen-bond acceptors (Lipinski definition) is 5. The molecule has 1 saturated heterocycles. The lowest BCUT2D eigenvalue weighted by atomic mass is 9.91. The van der Waals surface area contributed by atoms with Gasteiger partial charge in [0.2, 0.25) is 0 Å². The number of nitrogens with two attached hydrogens (primary N) is 1. The number of halogens is 1. The van der Waals surface area contributed by atoms with Gasteiger partial charge in [-0.05, 0) is 25.7 Å². The van der Waals surface area contributed by atoms with Gasteiger partial charge >= 0.3 is 0 Å². The van der Waals surface area contributed by atoms with Gasteiger partial charge in [-0.2, -0.15) is 0 Å². The van der Waals surface area contributed by atoms with Crippen molar-refractivity contribution in [3.63, 3.8) is 0 Å². The average Bonchev–Trinajstić information content (AvgIpc) is 2.87. The Morgan fingerprint density at radius 1 is 1.60 bits per heavy atom. The van der Waals surface area contributed by atoms with Crippen LogP contribution in [0.25, 0.3) is 0 Å². The van der Waals surface area contributed by atoms with E-state index in [2.05, 4.69) is 5.16 Å². The van der Waals surface area contributed by atoms with Gasteiger partial charge in [0.1, 0.15) is 6.61 Å². The molecule has 0 spiro atoms. The van der Waals surface area contributed by atoms with Gasteiger partial charge in [-0.25, -0.2) is 0 Å². The van der Waals surface area contributed by atoms with Gasteiger partial charge in [0, 0.05) is 32.3 Å². The summed E-state index contributed by atoms with van der Waals surface area (Å²) in [4.78, 5) is 14.0. The Labute approximate surface area is 125 Å². The Bertz CT molecular complexity index is 428. The molecule has 1 aromatic heterocycles. The molecular weight excluding hydrogens is 282 g/mol. The van der Waals surface area contributed by atoms with Crippen molar-refractivity contribution in [3.05, 3.63) is 17.5 Å². The largest absolute Gasteiger partial charge is 0.377 e. The molecule has 20 heavy (non-hydrogen) atoms. The zero-order valence-electron chi connectivity index (χ0n) is 11.9. The standard InChI is InChI=1S/C13H21N3O3.ClH/c1-9(14)10-3-5-16(6-4-10)13(17)12-7-11(8-18-2)19-15-12;/h7,9-10H,3-6,8,14H2,1-2H3;1H. The van der Waals surface area contributed by atoms with E-state index in [4.69, 9.17) is 15.0 Å². The quantitative estimate of drug-likeness (QED) is 0.910. The van der Waals surface area contributed by atoms with Crippen molar-refractivity contribution in [1.82, 2.24) is 10.1 Å². The smallest absolute Gasteiger partial charge is 0.276 e. The highest BCUT2D eigenvalue weighted by molar-refractivity contribution is 5.92. The van der Waals surface area contributed by atoms with Crippen LogP contribution in [0.1, 0.15) is 36.0 Å². The van der Waals surface area contributed by atoms with Crippen molar-refractivity contribution in [2.24, 2.45) is 11.7 Å². The Morgan fingerprint density at radius 2 is 2.25 bits per heavy atom. The van der Waals surface area contributed by atoms with Crippen LogP contribution in [0.2, 0.25) is 0 Å². The number of nitrogens with zero attached hydrogens (tertiary/aromatic N) is 2. The lowest BCUT2D eigenvalue weighted by Crippen LogP contribution is -2.42. The fourth-order valence-electron chi connectivity index (χ4n) is 2.41. The number of hydrogen-bond donors (Lipinski definition) is 1. The summed E-state index contributed by atoms with van der Waals surface area (Å²) in [5.41, 5.74) is 6.24. The van der Waals surface area contributed by atoms with Crippen LogP contribution >= 0.6 is 12.4 Å². The third-order valence-corrected chi connectivity index (χ3v) is 3.64. The molecule has 1 unspecified atom stereocenters. The minimum Gasteiger partial charge on any atom is -0.377 e. The van der Waals surface area contributed by atoms with Gasteiger partial charge < -0.3 is 19.9 Å². The SMILES string of the molecule is COCc1cc(C(=O)N2CCC(C(C)N)CC2)no1.Cl. The Balaban J connectivity index is 0.00000200. The van der Waals surface area contributed by atoms with E-state index < -0.39 is 0 Å². The molecule has 0 saturated carbocycles. The van der Waals surface area contributed by atoms with Gasteiger partial charge in [0.15, 0.2) is 11.5 Å². The number of rotatable bonds is 4. The normalized spacial score (nSPS) is 17.6. The van der Waals surface area contributed by atoms with Gasteiger partial charge in [-0.15, -0.1) is 12.4 Å². The highest BCUT2D eigenvalue weighted by Crippen LogP contribution is 2.21. The molecule has 1 aliphatic rings. The third kappa shape index (κ3) is 3.94. The highest BCUT2D eigenvalue weighted by atomic mass is 35.5. The molecule has 0 radical (unpaired) electrons. The first kappa shape index (κ1) is 16.9. The van der Waals surface area contributed by atoms with Crippen LogP contribution in [0.15, 0.2) is 10.6 Å². The van der Waals surface area contributed by atoms with Crippen LogP contribution < -0.4 is 5.73 Å². The van der Waals surface area contributed by atoms with E-state index in [1.807, 2.05) is 11.8 Å². The summed E-state index contributed by atoms with van der Waals surface area (Å²) in [5, 5.41) is 3.79. The number of carbonyl (C=O) groups is 1. The molecule has 1 aromatic rings. The van der Waals surface area contributed by atoms with Crippen LogP contribution in [0.3, 0.4) is 0 Å². The Hall–Kier alpha value is -1.11. The number of methoxy groups -OCH3 is 1. The number of piperidine rings is 1. The van der Waals surface area contributed by atoms with Crippen molar-refractivity contribution < 1.29 is 14.1 Å². The van der Waals surface area contributed by atoms with Gasteiger partial charge in [0.05, 0.1) is 0 Å². The van der Waals surface area contributed by atoms with Gasteiger partial charge in [-0.3, -0.25) is 4.79 Å². The molecule has 7 heteroatoms. The summed E-state index contributed by atoms with van der Waals surface area (Å²) in [5.74, 6) is 0.996. The third-order valence-electron chi connectivity index (χ3n) is 3.64. The number of carbonyl (C=O) groups excluding carboxylic acids is 1. The van der Waals surface area contributed by atoms with E-state index in [1.54, 1.807) is 13.2 Å². The van der Waals surface area contributed by atoms with E-state index in [0.29, 0.717) is 24.0 Å². The molecule has 0 aliphatic carbocycles. The van der Waals surface area contributed by atoms with Gasteiger partial charge in [-0.1, -0.05) is 5.16 Å². The summed E-state index contributed by atoms with van der Waals surface area (Å²) in [6, 6.07) is 1.83. The fraction of sp³-hybridized carbons (Fsp3) is 0.692. The Kier molecular flexibility index (Phi) is 6.45. The first-order valence-corrected chi connectivity index (χ1v) is 6.61. The van der Waals surface area contributed by atoms with Crippen molar-refractivity contribution in [2.75, 3.05) is 20.2 Å². The summed E-state index contributed by atoms with van der Waals surface area (Å²) < 4.78 is 9.97.